The monoisotopic (exact) mass is 603 g/mol. The average molecular weight is 603 g/mol. The molecule has 0 bridgehead atoms. The molecule has 2 aromatic carbocycles. The van der Waals surface area contributed by atoms with E-state index in [0.717, 1.165) is 26.1 Å². The van der Waals surface area contributed by atoms with E-state index >= 15 is 0 Å². The van der Waals surface area contributed by atoms with Crippen LogP contribution in [0.3, 0.4) is 0 Å². The van der Waals surface area contributed by atoms with Gasteiger partial charge in [-0.05, 0) is 77.9 Å². The number of rotatable bonds is 6. The normalized spacial score (nSPS) is 15.5. The second-order valence-corrected chi connectivity index (χ2v) is 10.4. The molecule has 0 radical (unpaired) electrons. The Kier molecular flexibility index (Phi) is 7.46. The van der Waals surface area contributed by atoms with Gasteiger partial charge in [0.2, 0.25) is 0 Å². The van der Waals surface area contributed by atoms with Gasteiger partial charge in [0.25, 0.3) is 5.56 Å². The second-order valence-electron chi connectivity index (χ2n) is 8.18. The van der Waals surface area contributed by atoms with Gasteiger partial charge in [-0.15, -0.1) is 0 Å². The third-order valence-electron chi connectivity index (χ3n) is 5.72. The fourth-order valence-corrected chi connectivity index (χ4v) is 5.79. The van der Waals surface area contributed by atoms with Gasteiger partial charge in [-0.2, -0.15) is 0 Å². The largest absolute Gasteiger partial charge is 0.496 e. The summed E-state index contributed by atoms with van der Waals surface area (Å²) in [5, 5.41) is 0. The van der Waals surface area contributed by atoms with E-state index in [1.807, 2.05) is 67.5 Å². The highest BCUT2D eigenvalue weighted by atomic mass is 127. The van der Waals surface area contributed by atoms with Crippen LogP contribution in [0.1, 0.15) is 31.0 Å². The molecule has 0 unspecified atom stereocenters. The van der Waals surface area contributed by atoms with Gasteiger partial charge in [0.1, 0.15) is 5.75 Å². The quantitative estimate of drug-likeness (QED) is 0.319. The van der Waals surface area contributed by atoms with E-state index in [1.165, 1.54) is 11.3 Å². The number of carbonyl (C=O) groups is 1. The molecule has 0 N–H and O–H groups in total. The topological polar surface area (TPSA) is 73.1 Å². The lowest BCUT2D eigenvalue weighted by Gasteiger charge is -2.25. The lowest BCUT2D eigenvalue weighted by molar-refractivity contribution is -0.139. The number of aromatic nitrogens is 1. The zero-order chi connectivity index (χ0) is 25.3. The molecule has 3 aromatic rings. The van der Waals surface area contributed by atoms with E-state index in [0.29, 0.717) is 20.6 Å². The number of hydrogen-bond acceptors (Lipinski definition) is 7. The molecule has 0 fully saturated rings. The van der Waals surface area contributed by atoms with E-state index in [9.17, 15) is 9.59 Å². The summed E-state index contributed by atoms with van der Waals surface area (Å²) in [7, 11) is 5.56. The molecule has 182 valence electrons. The summed E-state index contributed by atoms with van der Waals surface area (Å²) in [6.45, 7) is 3.79. The number of methoxy groups -OCH3 is 1. The first-order valence-corrected chi connectivity index (χ1v) is 12.9. The zero-order valence-electron chi connectivity index (χ0n) is 20.2. The first kappa shape index (κ1) is 25.2. The maximum Gasteiger partial charge on any atom is 0.338 e. The number of hydrogen-bond donors (Lipinski definition) is 0. The molecule has 2 heterocycles. The fourth-order valence-electron chi connectivity index (χ4n) is 3.99. The molecule has 35 heavy (non-hydrogen) atoms. The Morgan fingerprint density at radius 3 is 2.54 bits per heavy atom. The van der Waals surface area contributed by atoms with Crippen LogP contribution in [0.15, 0.2) is 63.5 Å². The van der Waals surface area contributed by atoms with E-state index in [-0.39, 0.29) is 12.2 Å². The summed E-state index contributed by atoms with van der Waals surface area (Å²) >= 11 is 3.52. The number of ether oxygens (including phenoxy) is 2. The Morgan fingerprint density at radius 1 is 1.23 bits per heavy atom. The predicted molar refractivity (Wildman–Crippen MR) is 147 cm³/mol. The van der Waals surface area contributed by atoms with Crippen molar-refractivity contribution in [3.8, 4) is 5.75 Å². The zero-order valence-corrected chi connectivity index (χ0v) is 23.1. The number of allylic oxidation sites excluding steroid dienone is 1. The minimum Gasteiger partial charge on any atom is -0.496 e. The Balaban J connectivity index is 1.91. The lowest BCUT2D eigenvalue weighted by atomic mass is 9.95. The minimum atomic E-state index is -0.625. The standard InChI is InChI=1S/C26H26IN3O4S/c1-6-34-25(32)22-15(2)28-26-30(23(22)17-8-10-18(11-9-17)29(3)4)24(31)21(35-26)14-16-7-12-20(33-5)19(27)13-16/h7-14,23H,6H2,1-5H3/b21-14-/t23-/m1/s1. The van der Waals surface area contributed by atoms with Crippen LogP contribution in [-0.4, -0.2) is 38.3 Å². The van der Waals surface area contributed by atoms with Crippen LogP contribution in [-0.2, 0) is 9.53 Å². The number of thiazole rings is 1. The molecular formula is C26H26IN3O4S. The minimum absolute atomic E-state index is 0.199. The summed E-state index contributed by atoms with van der Waals surface area (Å²) in [4.78, 5) is 33.9. The smallest absolute Gasteiger partial charge is 0.338 e. The van der Waals surface area contributed by atoms with Crippen LogP contribution < -0.4 is 24.5 Å². The van der Waals surface area contributed by atoms with Crippen molar-refractivity contribution < 1.29 is 14.3 Å². The maximum absolute atomic E-state index is 13.7. The third kappa shape index (κ3) is 4.92. The summed E-state index contributed by atoms with van der Waals surface area (Å²) in [5.74, 6) is 0.314. The van der Waals surface area contributed by atoms with Crippen molar-refractivity contribution in [3.05, 3.63) is 88.1 Å². The van der Waals surface area contributed by atoms with Crippen molar-refractivity contribution in [1.82, 2.24) is 4.57 Å². The number of fused-ring (bicyclic) bond motifs is 1. The van der Waals surface area contributed by atoms with Crippen molar-refractivity contribution in [3.63, 3.8) is 0 Å². The highest BCUT2D eigenvalue weighted by Gasteiger charge is 2.33. The molecule has 9 heteroatoms. The summed E-state index contributed by atoms with van der Waals surface area (Å²) in [5.41, 5.74) is 3.46. The Morgan fingerprint density at radius 2 is 1.94 bits per heavy atom. The number of esters is 1. The summed E-state index contributed by atoms with van der Waals surface area (Å²) in [6, 6.07) is 13.0. The number of nitrogens with zero attached hydrogens (tertiary/aromatic N) is 3. The summed E-state index contributed by atoms with van der Waals surface area (Å²) < 4.78 is 13.8. The Bertz CT molecular complexity index is 1490. The highest BCUT2D eigenvalue weighted by Crippen LogP contribution is 2.31. The summed E-state index contributed by atoms with van der Waals surface area (Å²) in [6.07, 6.45) is 1.85. The molecule has 0 spiro atoms. The molecule has 4 rings (SSSR count). The molecule has 1 aliphatic heterocycles. The van der Waals surface area contributed by atoms with Crippen molar-refractivity contribution in [1.29, 1.82) is 0 Å². The number of benzene rings is 2. The van der Waals surface area contributed by atoms with Crippen molar-refractivity contribution in [2.24, 2.45) is 4.99 Å². The van der Waals surface area contributed by atoms with Gasteiger partial charge in [-0.1, -0.05) is 29.5 Å². The van der Waals surface area contributed by atoms with Gasteiger partial charge in [0.05, 0.1) is 39.1 Å². The molecule has 0 saturated carbocycles. The lowest BCUT2D eigenvalue weighted by Crippen LogP contribution is -2.39. The molecule has 0 aliphatic carbocycles. The molecule has 7 nitrogen and oxygen atoms in total. The van der Waals surface area contributed by atoms with E-state index in [2.05, 4.69) is 27.6 Å². The van der Waals surface area contributed by atoms with Crippen molar-refractivity contribution in [2.45, 2.75) is 19.9 Å². The highest BCUT2D eigenvalue weighted by molar-refractivity contribution is 14.1. The van der Waals surface area contributed by atoms with Gasteiger partial charge in [-0.3, -0.25) is 9.36 Å². The predicted octanol–water partition coefficient (Wildman–Crippen LogP) is 3.48. The third-order valence-corrected chi connectivity index (χ3v) is 7.54. The first-order chi connectivity index (χ1) is 16.7. The Labute approximate surface area is 221 Å². The molecule has 1 atom stereocenters. The van der Waals surface area contributed by atoms with E-state index in [1.54, 1.807) is 25.5 Å². The van der Waals surface area contributed by atoms with Crippen LogP contribution in [0.4, 0.5) is 5.69 Å². The molecule has 1 aromatic heterocycles. The fraction of sp³-hybridized carbons (Fsp3) is 0.269. The van der Waals surface area contributed by atoms with Crippen LogP contribution in [0.25, 0.3) is 6.08 Å². The number of halogens is 1. The second kappa shape index (κ2) is 10.4. The average Bonchev–Trinajstić information content (AvgIpc) is 3.12. The number of carbonyl (C=O) groups excluding carboxylic acids is 1. The van der Waals surface area contributed by atoms with E-state index < -0.39 is 12.0 Å². The van der Waals surface area contributed by atoms with Gasteiger partial charge in [0, 0.05) is 19.8 Å². The molecule has 0 saturated heterocycles. The van der Waals surface area contributed by atoms with Gasteiger partial charge >= 0.3 is 5.97 Å². The molecular weight excluding hydrogens is 577 g/mol. The van der Waals surface area contributed by atoms with Crippen molar-refractivity contribution in [2.75, 3.05) is 32.7 Å². The SMILES string of the molecule is CCOC(=O)C1=C(C)N=c2s/c(=C\c3ccc(OC)c(I)c3)c(=O)n2[C@@H]1c1ccc(N(C)C)cc1. The van der Waals surface area contributed by atoms with Gasteiger partial charge in [-0.25, -0.2) is 9.79 Å². The first-order valence-electron chi connectivity index (χ1n) is 11.1. The van der Waals surface area contributed by atoms with Crippen LogP contribution in [0.5, 0.6) is 5.75 Å². The number of anilines is 1. The molecule has 1 aliphatic rings. The van der Waals surface area contributed by atoms with Crippen LogP contribution >= 0.6 is 33.9 Å². The van der Waals surface area contributed by atoms with Crippen LogP contribution in [0.2, 0.25) is 0 Å². The van der Waals surface area contributed by atoms with Crippen LogP contribution in [0, 0.1) is 3.57 Å². The Hall–Kier alpha value is -2.92. The van der Waals surface area contributed by atoms with Crippen molar-refractivity contribution >= 4 is 51.7 Å². The van der Waals surface area contributed by atoms with E-state index in [4.69, 9.17) is 9.47 Å². The maximum atomic E-state index is 13.7. The van der Waals surface area contributed by atoms with Gasteiger partial charge < -0.3 is 14.4 Å². The molecule has 0 amide bonds. The van der Waals surface area contributed by atoms with Gasteiger partial charge in [0.15, 0.2) is 4.80 Å².